The van der Waals surface area contributed by atoms with Gasteiger partial charge in [0.05, 0.1) is 0 Å². The molecular formula is C12H18N2. The fourth-order valence-corrected chi connectivity index (χ4v) is 2.10. The van der Waals surface area contributed by atoms with E-state index in [1.165, 1.54) is 22.5 Å². The number of nitrogens with zero attached hydrogens (tertiary/aromatic N) is 1. The van der Waals surface area contributed by atoms with E-state index in [4.69, 9.17) is 4.98 Å². The Bertz CT molecular complexity index is 287. The zero-order valence-corrected chi connectivity index (χ0v) is 9.06. The highest BCUT2D eigenvalue weighted by molar-refractivity contribution is 5.32. The van der Waals surface area contributed by atoms with Gasteiger partial charge in [-0.1, -0.05) is 19.9 Å². The number of aryl methyl sites for hydroxylation is 2. The predicted molar refractivity (Wildman–Crippen MR) is 58.4 cm³/mol. The Kier molecular flexibility index (Phi) is 2.82. The lowest BCUT2D eigenvalue weighted by Crippen LogP contribution is -2.25. The van der Waals surface area contributed by atoms with E-state index < -0.39 is 0 Å². The number of aromatic nitrogens is 1. The quantitative estimate of drug-likeness (QED) is 0.770. The van der Waals surface area contributed by atoms with Crippen LogP contribution in [0.1, 0.15) is 36.4 Å². The molecule has 14 heavy (non-hydrogen) atoms. The summed E-state index contributed by atoms with van der Waals surface area (Å²) >= 11 is 0. The SMILES string of the molecule is CCc1cc2c(nc1CC)CCNC2. The summed E-state index contributed by atoms with van der Waals surface area (Å²) < 4.78 is 0. The maximum absolute atomic E-state index is 4.76. The monoisotopic (exact) mass is 190 g/mol. The second kappa shape index (κ2) is 4.09. The zero-order chi connectivity index (χ0) is 9.97. The molecule has 1 aromatic rings. The second-order valence-electron chi connectivity index (χ2n) is 3.83. The van der Waals surface area contributed by atoms with Gasteiger partial charge in [0.1, 0.15) is 0 Å². The minimum atomic E-state index is 0.999. The lowest BCUT2D eigenvalue weighted by Gasteiger charge is -2.18. The Labute approximate surface area is 85.7 Å². The van der Waals surface area contributed by atoms with Crippen LogP contribution in [0.15, 0.2) is 6.07 Å². The van der Waals surface area contributed by atoms with Gasteiger partial charge in [0.25, 0.3) is 0 Å². The van der Waals surface area contributed by atoms with Gasteiger partial charge in [0.15, 0.2) is 0 Å². The minimum Gasteiger partial charge on any atom is -0.312 e. The molecule has 0 radical (unpaired) electrons. The van der Waals surface area contributed by atoms with Crippen molar-refractivity contribution in [1.29, 1.82) is 0 Å². The first kappa shape index (κ1) is 9.66. The Hall–Kier alpha value is -0.890. The Morgan fingerprint density at radius 3 is 2.93 bits per heavy atom. The molecule has 76 valence electrons. The molecule has 1 aliphatic rings. The first-order valence-corrected chi connectivity index (χ1v) is 5.56. The van der Waals surface area contributed by atoms with Crippen LogP contribution in [0.3, 0.4) is 0 Å². The maximum Gasteiger partial charge on any atom is 0.0464 e. The van der Waals surface area contributed by atoms with E-state index in [1.54, 1.807) is 0 Å². The number of rotatable bonds is 2. The zero-order valence-electron chi connectivity index (χ0n) is 9.06. The number of nitrogens with one attached hydrogen (secondary N) is 1. The molecule has 0 spiro atoms. The molecule has 0 atom stereocenters. The molecule has 0 unspecified atom stereocenters. The fourth-order valence-electron chi connectivity index (χ4n) is 2.10. The fraction of sp³-hybridized carbons (Fsp3) is 0.583. The highest BCUT2D eigenvalue weighted by atomic mass is 14.9. The Balaban J connectivity index is 2.43. The van der Waals surface area contributed by atoms with Crippen molar-refractivity contribution in [2.45, 2.75) is 39.7 Å². The van der Waals surface area contributed by atoms with Crippen molar-refractivity contribution in [2.24, 2.45) is 0 Å². The minimum absolute atomic E-state index is 0.999. The number of hydrogen-bond acceptors (Lipinski definition) is 2. The molecule has 0 saturated carbocycles. The summed E-state index contributed by atoms with van der Waals surface area (Å²) in [6.07, 6.45) is 3.25. The van der Waals surface area contributed by atoms with Gasteiger partial charge in [-0.15, -0.1) is 0 Å². The van der Waals surface area contributed by atoms with Crippen molar-refractivity contribution in [2.75, 3.05) is 6.54 Å². The summed E-state index contributed by atoms with van der Waals surface area (Å²) in [6.45, 7) is 6.47. The Morgan fingerprint density at radius 2 is 2.21 bits per heavy atom. The van der Waals surface area contributed by atoms with Crippen molar-refractivity contribution in [3.05, 3.63) is 28.6 Å². The van der Waals surface area contributed by atoms with Gasteiger partial charge in [0.2, 0.25) is 0 Å². The Morgan fingerprint density at radius 1 is 1.36 bits per heavy atom. The highest BCUT2D eigenvalue weighted by Gasteiger charge is 2.12. The molecule has 0 aromatic carbocycles. The van der Waals surface area contributed by atoms with E-state index in [9.17, 15) is 0 Å². The van der Waals surface area contributed by atoms with Crippen LogP contribution < -0.4 is 5.32 Å². The molecule has 1 aromatic heterocycles. The lowest BCUT2D eigenvalue weighted by molar-refractivity contribution is 0.625. The van der Waals surface area contributed by atoms with Crippen LogP contribution in [0.5, 0.6) is 0 Å². The van der Waals surface area contributed by atoms with Crippen molar-refractivity contribution in [3.8, 4) is 0 Å². The summed E-state index contributed by atoms with van der Waals surface area (Å²) in [5, 5.41) is 3.39. The molecule has 0 saturated heterocycles. The van der Waals surface area contributed by atoms with Gasteiger partial charge < -0.3 is 5.32 Å². The number of fused-ring (bicyclic) bond motifs is 1. The van der Waals surface area contributed by atoms with E-state index >= 15 is 0 Å². The lowest BCUT2D eigenvalue weighted by atomic mass is 10.0. The average Bonchev–Trinajstić information content (AvgIpc) is 2.27. The number of pyridine rings is 1. The third-order valence-corrected chi connectivity index (χ3v) is 2.93. The van der Waals surface area contributed by atoms with Crippen LogP contribution in [0.4, 0.5) is 0 Å². The van der Waals surface area contributed by atoms with E-state index in [-0.39, 0.29) is 0 Å². The van der Waals surface area contributed by atoms with Crippen LogP contribution in [0.2, 0.25) is 0 Å². The number of hydrogen-bond donors (Lipinski definition) is 1. The van der Waals surface area contributed by atoms with Crippen LogP contribution in [0, 0.1) is 0 Å². The first-order chi connectivity index (χ1) is 6.85. The average molecular weight is 190 g/mol. The topological polar surface area (TPSA) is 24.9 Å². The maximum atomic E-state index is 4.76. The van der Waals surface area contributed by atoms with Crippen LogP contribution in [-0.2, 0) is 25.8 Å². The van der Waals surface area contributed by atoms with Gasteiger partial charge in [0, 0.05) is 30.9 Å². The summed E-state index contributed by atoms with van der Waals surface area (Å²) in [5.41, 5.74) is 5.45. The molecule has 2 heteroatoms. The summed E-state index contributed by atoms with van der Waals surface area (Å²) in [7, 11) is 0. The third kappa shape index (κ3) is 1.67. The molecule has 0 bridgehead atoms. The molecule has 2 nitrogen and oxygen atoms in total. The normalized spacial score (nSPS) is 15.3. The van der Waals surface area contributed by atoms with Gasteiger partial charge in [-0.25, -0.2) is 0 Å². The van der Waals surface area contributed by atoms with Crippen molar-refractivity contribution < 1.29 is 0 Å². The summed E-state index contributed by atoms with van der Waals surface area (Å²) in [6, 6.07) is 2.34. The smallest absolute Gasteiger partial charge is 0.0464 e. The van der Waals surface area contributed by atoms with Gasteiger partial charge in [-0.05, 0) is 24.0 Å². The first-order valence-electron chi connectivity index (χ1n) is 5.56. The van der Waals surface area contributed by atoms with Gasteiger partial charge in [-0.3, -0.25) is 4.98 Å². The second-order valence-corrected chi connectivity index (χ2v) is 3.83. The van der Waals surface area contributed by atoms with E-state index in [1.807, 2.05) is 0 Å². The standard InChI is InChI=1S/C12H18N2/c1-3-9-7-10-8-13-6-5-12(10)14-11(9)4-2/h7,13H,3-6,8H2,1-2H3. The molecule has 1 aliphatic heterocycles. The molecule has 2 rings (SSSR count). The summed E-state index contributed by atoms with van der Waals surface area (Å²) in [5.74, 6) is 0. The van der Waals surface area contributed by atoms with Crippen molar-refractivity contribution >= 4 is 0 Å². The van der Waals surface area contributed by atoms with Gasteiger partial charge >= 0.3 is 0 Å². The van der Waals surface area contributed by atoms with Crippen LogP contribution in [0.25, 0.3) is 0 Å². The summed E-state index contributed by atoms with van der Waals surface area (Å²) in [4.78, 5) is 4.76. The third-order valence-electron chi connectivity index (χ3n) is 2.93. The van der Waals surface area contributed by atoms with E-state index in [0.717, 1.165) is 32.4 Å². The predicted octanol–water partition coefficient (Wildman–Crippen LogP) is 1.85. The van der Waals surface area contributed by atoms with Crippen LogP contribution >= 0.6 is 0 Å². The largest absolute Gasteiger partial charge is 0.312 e. The molecule has 1 N–H and O–H groups in total. The molecule has 0 aliphatic carbocycles. The van der Waals surface area contributed by atoms with Gasteiger partial charge in [-0.2, -0.15) is 0 Å². The van der Waals surface area contributed by atoms with E-state index in [0.29, 0.717) is 0 Å². The molecule has 0 fully saturated rings. The van der Waals surface area contributed by atoms with E-state index in [2.05, 4.69) is 25.2 Å². The molecule has 0 amide bonds. The molecule has 2 heterocycles. The van der Waals surface area contributed by atoms with Crippen LogP contribution in [-0.4, -0.2) is 11.5 Å². The molecular weight excluding hydrogens is 172 g/mol. The van der Waals surface area contributed by atoms with Crippen molar-refractivity contribution in [3.63, 3.8) is 0 Å². The van der Waals surface area contributed by atoms with Crippen molar-refractivity contribution in [1.82, 2.24) is 10.3 Å². The highest BCUT2D eigenvalue weighted by Crippen LogP contribution is 2.17.